The first-order valence-electron chi connectivity index (χ1n) is 4.54. The summed E-state index contributed by atoms with van der Waals surface area (Å²) in [5, 5.41) is 9.04. The normalized spacial score (nSPS) is 10.7. The molecule has 1 aromatic heterocycles. The minimum Gasteiger partial charge on any atom is -0.392 e. The highest BCUT2D eigenvalue weighted by atomic mass is 19.1. The van der Waals surface area contributed by atoms with Gasteiger partial charge in [0, 0.05) is 18.7 Å². The molecule has 78 valence electrons. The monoisotopic (exact) mass is 198 g/mol. The number of hydrogen-bond acceptors (Lipinski definition) is 3. The summed E-state index contributed by atoms with van der Waals surface area (Å²) in [6, 6.07) is 1.57. The fourth-order valence-corrected chi connectivity index (χ4v) is 1.15. The maximum atomic E-state index is 12.8. The summed E-state index contributed by atoms with van der Waals surface area (Å²) in [5.74, 6) is 0.207. The van der Waals surface area contributed by atoms with Crippen molar-refractivity contribution >= 4 is 5.82 Å². The quantitative estimate of drug-likeness (QED) is 0.800. The zero-order valence-corrected chi connectivity index (χ0v) is 8.66. The van der Waals surface area contributed by atoms with E-state index in [1.165, 1.54) is 6.07 Å². The van der Waals surface area contributed by atoms with Gasteiger partial charge in [-0.15, -0.1) is 0 Å². The minimum atomic E-state index is -0.421. The van der Waals surface area contributed by atoms with E-state index in [9.17, 15) is 4.39 Å². The van der Waals surface area contributed by atoms with Gasteiger partial charge in [0.2, 0.25) is 0 Å². The first-order valence-corrected chi connectivity index (χ1v) is 4.54. The summed E-state index contributed by atoms with van der Waals surface area (Å²) in [6.07, 6.45) is 1.16. The Morgan fingerprint density at radius 1 is 1.57 bits per heavy atom. The van der Waals surface area contributed by atoms with E-state index in [1.54, 1.807) is 0 Å². The topological polar surface area (TPSA) is 36.4 Å². The summed E-state index contributed by atoms with van der Waals surface area (Å²) in [6.45, 7) is 3.82. The molecule has 0 amide bonds. The highest BCUT2D eigenvalue weighted by Crippen LogP contribution is 2.18. The maximum Gasteiger partial charge on any atom is 0.142 e. The van der Waals surface area contributed by atoms with Crippen molar-refractivity contribution in [1.82, 2.24) is 4.98 Å². The molecule has 0 aromatic carbocycles. The Morgan fingerprint density at radius 3 is 2.71 bits per heavy atom. The average molecular weight is 198 g/mol. The van der Waals surface area contributed by atoms with Crippen LogP contribution in [0.1, 0.15) is 19.4 Å². The zero-order valence-electron chi connectivity index (χ0n) is 8.66. The highest BCUT2D eigenvalue weighted by molar-refractivity contribution is 5.46. The molecular formula is C10H15FN2O. The Morgan fingerprint density at radius 2 is 2.21 bits per heavy atom. The van der Waals surface area contributed by atoms with Gasteiger partial charge in [-0.05, 0) is 19.9 Å². The maximum absolute atomic E-state index is 12.8. The summed E-state index contributed by atoms with van der Waals surface area (Å²) in [5.41, 5.74) is 0.515. The molecule has 1 rings (SSSR count). The highest BCUT2D eigenvalue weighted by Gasteiger charge is 2.11. The molecule has 0 aliphatic carbocycles. The van der Waals surface area contributed by atoms with Crippen LogP contribution in [0.3, 0.4) is 0 Å². The van der Waals surface area contributed by atoms with Gasteiger partial charge in [0.1, 0.15) is 11.6 Å². The molecule has 0 radical (unpaired) electrons. The largest absolute Gasteiger partial charge is 0.392 e. The molecule has 0 aliphatic rings. The lowest BCUT2D eigenvalue weighted by Crippen LogP contribution is -2.27. The molecular weight excluding hydrogens is 183 g/mol. The van der Waals surface area contributed by atoms with E-state index in [1.807, 2.05) is 25.8 Å². The molecule has 1 aromatic rings. The number of anilines is 1. The molecule has 0 fully saturated rings. The Labute approximate surface area is 83.2 Å². The van der Waals surface area contributed by atoms with E-state index in [4.69, 9.17) is 5.11 Å². The van der Waals surface area contributed by atoms with Crippen LogP contribution < -0.4 is 4.90 Å². The van der Waals surface area contributed by atoms with Crippen LogP contribution in [0.2, 0.25) is 0 Å². The molecule has 1 heterocycles. The van der Waals surface area contributed by atoms with Gasteiger partial charge in [0.25, 0.3) is 0 Å². The first kappa shape index (κ1) is 10.9. The SMILES string of the molecule is CC(C)N(C)c1ncc(F)cc1CO. The standard InChI is InChI=1S/C10H15FN2O/c1-7(2)13(3)10-8(6-14)4-9(11)5-12-10/h4-5,7,14H,6H2,1-3H3. The molecule has 0 atom stereocenters. The lowest BCUT2D eigenvalue weighted by molar-refractivity contribution is 0.281. The van der Waals surface area contributed by atoms with Crippen LogP contribution in [0, 0.1) is 5.82 Å². The Kier molecular flexibility index (Phi) is 3.41. The number of pyridine rings is 1. The van der Waals surface area contributed by atoms with Crippen molar-refractivity contribution in [2.45, 2.75) is 26.5 Å². The van der Waals surface area contributed by atoms with Gasteiger partial charge < -0.3 is 10.0 Å². The molecule has 0 saturated heterocycles. The number of rotatable bonds is 3. The summed E-state index contributed by atoms with van der Waals surface area (Å²) in [4.78, 5) is 5.86. The van der Waals surface area contributed by atoms with Crippen LogP contribution in [0.5, 0.6) is 0 Å². The van der Waals surface area contributed by atoms with Gasteiger partial charge in [-0.2, -0.15) is 0 Å². The van der Waals surface area contributed by atoms with E-state index in [-0.39, 0.29) is 12.6 Å². The number of nitrogens with zero attached hydrogens (tertiary/aromatic N) is 2. The molecule has 14 heavy (non-hydrogen) atoms. The molecule has 1 N–H and O–H groups in total. The van der Waals surface area contributed by atoms with Gasteiger partial charge in [-0.25, -0.2) is 9.37 Å². The van der Waals surface area contributed by atoms with Crippen LogP contribution >= 0.6 is 0 Å². The fraction of sp³-hybridized carbons (Fsp3) is 0.500. The molecule has 4 heteroatoms. The van der Waals surface area contributed by atoms with Crippen LogP contribution in [0.4, 0.5) is 10.2 Å². The van der Waals surface area contributed by atoms with Crippen molar-refractivity contribution in [3.63, 3.8) is 0 Å². The van der Waals surface area contributed by atoms with E-state index in [0.717, 1.165) is 6.20 Å². The van der Waals surface area contributed by atoms with Crippen molar-refractivity contribution in [3.8, 4) is 0 Å². The lowest BCUT2D eigenvalue weighted by atomic mass is 10.2. The van der Waals surface area contributed by atoms with Crippen LogP contribution in [-0.2, 0) is 6.61 Å². The minimum absolute atomic E-state index is 0.197. The second-order valence-corrected chi connectivity index (χ2v) is 3.50. The van der Waals surface area contributed by atoms with Crippen molar-refractivity contribution in [3.05, 3.63) is 23.6 Å². The van der Waals surface area contributed by atoms with Gasteiger partial charge in [-0.1, -0.05) is 0 Å². The van der Waals surface area contributed by atoms with Gasteiger partial charge >= 0.3 is 0 Å². The van der Waals surface area contributed by atoms with E-state index in [2.05, 4.69) is 4.98 Å². The Hall–Kier alpha value is -1.16. The van der Waals surface area contributed by atoms with Crippen LogP contribution in [0.25, 0.3) is 0 Å². The number of aliphatic hydroxyl groups excluding tert-OH is 1. The average Bonchev–Trinajstić information content (AvgIpc) is 2.16. The molecule has 0 saturated carbocycles. The summed E-state index contributed by atoms with van der Waals surface area (Å²) >= 11 is 0. The first-order chi connectivity index (χ1) is 6.56. The van der Waals surface area contributed by atoms with E-state index < -0.39 is 5.82 Å². The Balaban J connectivity index is 3.07. The van der Waals surface area contributed by atoms with Crippen LogP contribution in [-0.4, -0.2) is 23.2 Å². The van der Waals surface area contributed by atoms with Crippen molar-refractivity contribution in [1.29, 1.82) is 0 Å². The molecule has 0 aliphatic heterocycles. The fourth-order valence-electron chi connectivity index (χ4n) is 1.15. The van der Waals surface area contributed by atoms with E-state index in [0.29, 0.717) is 11.4 Å². The third-order valence-electron chi connectivity index (χ3n) is 2.19. The zero-order chi connectivity index (χ0) is 10.7. The second kappa shape index (κ2) is 4.37. The Bertz CT molecular complexity index is 315. The molecule has 0 spiro atoms. The summed E-state index contributed by atoms with van der Waals surface area (Å²) < 4.78 is 12.8. The van der Waals surface area contributed by atoms with Crippen molar-refractivity contribution in [2.24, 2.45) is 0 Å². The third kappa shape index (κ3) is 2.20. The third-order valence-corrected chi connectivity index (χ3v) is 2.19. The van der Waals surface area contributed by atoms with E-state index >= 15 is 0 Å². The lowest BCUT2D eigenvalue weighted by Gasteiger charge is -2.24. The predicted molar refractivity (Wildman–Crippen MR) is 53.7 cm³/mol. The van der Waals surface area contributed by atoms with Crippen LogP contribution in [0.15, 0.2) is 12.3 Å². The van der Waals surface area contributed by atoms with Crippen molar-refractivity contribution < 1.29 is 9.50 Å². The number of halogens is 1. The van der Waals surface area contributed by atoms with Gasteiger partial charge in [0.05, 0.1) is 12.8 Å². The van der Waals surface area contributed by atoms with Gasteiger partial charge in [-0.3, -0.25) is 0 Å². The number of hydrogen-bond donors (Lipinski definition) is 1. The molecule has 3 nitrogen and oxygen atoms in total. The molecule has 0 bridgehead atoms. The molecule has 0 unspecified atom stereocenters. The smallest absolute Gasteiger partial charge is 0.142 e. The number of aliphatic hydroxyl groups is 1. The predicted octanol–water partition coefficient (Wildman–Crippen LogP) is 1.56. The van der Waals surface area contributed by atoms with Gasteiger partial charge in [0.15, 0.2) is 0 Å². The summed E-state index contributed by atoms with van der Waals surface area (Å²) in [7, 11) is 1.87. The van der Waals surface area contributed by atoms with Crippen molar-refractivity contribution in [2.75, 3.05) is 11.9 Å². The second-order valence-electron chi connectivity index (χ2n) is 3.50. The number of aromatic nitrogens is 1.